The number of ether oxygens (including phenoxy) is 2. The number of aliphatic hydroxyl groups excluding tert-OH is 1. The quantitative estimate of drug-likeness (QED) is 0.558. The molecular weight excluding hydrogens is 372 g/mol. The third-order valence-electron chi connectivity index (χ3n) is 3.97. The van der Waals surface area contributed by atoms with E-state index >= 15 is 0 Å². The summed E-state index contributed by atoms with van der Waals surface area (Å²) in [5.41, 5.74) is 7.29. The summed E-state index contributed by atoms with van der Waals surface area (Å²) >= 11 is 0. The molecule has 0 radical (unpaired) electrons. The second-order valence-corrected chi connectivity index (χ2v) is 7.35. The Bertz CT molecular complexity index is 886. The molecule has 2 aromatic rings. The Morgan fingerprint density at radius 1 is 1.19 bits per heavy atom. The summed E-state index contributed by atoms with van der Waals surface area (Å²) in [6.07, 6.45) is 0. The van der Waals surface area contributed by atoms with Crippen LogP contribution in [0, 0.1) is 0 Å². The van der Waals surface area contributed by atoms with E-state index in [0.717, 1.165) is 7.11 Å². The number of esters is 1. The predicted molar refractivity (Wildman–Crippen MR) is 98.7 cm³/mol. The van der Waals surface area contributed by atoms with E-state index in [1.807, 2.05) is 6.07 Å². The lowest BCUT2D eigenvalue weighted by Crippen LogP contribution is -2.44. The van der Waals surface area contributed by atoms with Crippen molar-refractivity contribution in [1.82, 2.24) is 4.72 Å². The third-order valence-corrected chi connectivity index (χ3v) is 5.51. The van der Waals surface area contributed by atoms with Crippen LogP contribution in [0.25, 0.3) is 0 Å². The number of carbonyl (C=O) groups excluding carboxylic acids is 1. The highest BCUT2D eigenvalue weighted by Gasteiger charge is 2.29. The molecule has 146 valence electrons. The molecular formula is C18H22N2O6S. The van der Waals surface area contributed by atoms with Crippen molar-refractivity contribution in [2.75, 3.05) is 20.8 Å². The Hall–Kier alpha value is -2.46. The summed E-state index contributed by atoms with van der Waals surface area (Å²) in [6.45, 7) is -0.748. The van der Waals surface area contributed by atoms with Crippen LogP contribution in [0.5, 0.6) is 5.75 Å². The van der Waals surface area contributed by atoms with Crippen LogP contribution >= 0.6 is 0 Å². The van der Waals surface area contributed by atoms with E-state index in [0.29, 0.717) is 11.3 Å². The molecule has 0 amide bonds. The number of nitrogens with two attached hydrogens (primary N) is 1. The van der Waals surface area contributed by atoms with Crippen LogP contribution in [0.1, 0.15) is 17.2 Å². The van der Waals surface area contributed by atoms with Gasteiger partial charge in [-0.15, -0.1) is 0 Å². The largest absolute Gasteiger partial charge is 0.497 e. The van der Waals surface area contributed by atoms with Crippen molar-refractivity contribution in [2.45, 2.75) is 17.0 Å². The topological polar surface area (TPSA) is 128 Å². The van der Waals surface area contributed by atoms with E-state index in [1.54, 1.807) is 24.3 Å². The minimum Gasteiger partial charge on any atom is -0.497 e. The van der Waals surface area contributed by atoms with Gasteiger partial charge in [0.15, 0.2) is 0 Å². The van der Waals surface area contributed by atoms with Gasteiger partial charge < -0.3 is 20.3 Å². The fourth-order valence-corrected chi connectivity index (χ4v) is 3.95. The van der Waals surface area contributed by atoms with Gasteiger partial charge in [-0.2, -0.15) is 4.72 Å². The number of benzene rings is 2. The minimum absolute atomic E-state index is 0.123. The maximum atomic E-state index is 12.9. The lowest BCUT2D eigenvalue weighted by molar-refractivity contribution is -0.143. The highest BCUT2D eigenvalue weighted by atomic mass is 32.2. The van der Waals surface area contributed by atoms with E-state index in [4.69, 9.17) is 10.5 Å². The van der Waals surface area contributed by atoms with E-state index in [1.165, 1.54) is 25.3 Å². The lowest BCUT2D eigenvalue weighted by Gasteiger charge is -2.20. The van der Waals surface area contributed by atoms with Crippen molar-refractivity contribution < 1.29 is 27.8 Å². The fraction of sp³-hybridized carbons (Fsp3) is 0.278. The molecule has 2 rings (SSSR count). The van der Waals surface area contributed by atoms with Crippen LogP contribution in [-0.2, 0) is 19.6 Å². The Morgan fingerprint density at radius 3 is 2.41 bits per heavy atom. The van der Waals surface area contributed by atoms with Gasteiger partial charge in [-0.3, -0.25) is 4.79 Å². The molecule has 0 aromatic heterocycles. The predicted octanol–water partition coefficient (Wildman–Crippen LogP) is 0.556. The molecule has 0 fully saturated rings. The molecule has 0 spiro atoms. The van der Waals surface area contributed by atoms with E-state index in [-0.39, 0.29) is 10.5 Å². The van der Waals surface area contributed by atoms with Gasteiger partial charge in [0.1, 0.15) is 11.8 Å². The second-order valence-electron chi connectivity index (χ2n) is 5.67. The van der Waals surface area contributed by atoms with Crippen molar-refractivity contribution in [3.05, 3.63) is 59.7 Å². The monoisotopic (exact) mass is 394 g/mol. The number of aliphatic hydroxyl groups is 1. The van der Waals surface area contributed by atoms with Crippen LogP contribution in [0.2, 0.25) is 0 Å². The molecule has 8 nitrogen and oxygen atoms in total. The van der Waals surface area contributed by atoms with Gasteiger partial charge in [0.05, 0.1) is 31.8 Å². The zero-order valence-electron chi connectivity index (χ0n) is 15.0. The van der Waals surface area contributed by atoms with Crippen molar-refractivity contribution in [3.63, 3.8) is 0 Å². The summed E-state index contributed by atoms with van der Waals surface area (Å²) in [5.74, 6) is -0.467. The van der Waals surface area contributed by atoms with Crippen LogP contribution in [0.4, 0.5) is 0 Å². The maximum Gasteiger partial charge on any atom is 0.326 e. The van der Waals surface area contributed by atoms with Crippen molar-refractivity contribution in [2.24, 2.45) is 5.73 Å². The molecule has 4 N–H and O–H groups in total. The maximum absolute atomic E-state index is 12.9. The molecule has 9 heteroatoms. The number of hydrogen-bond donors (Lipinski definition) is 3. The van der Waals surface area contributed by atoms with E-state index < -0.39 is 34.7 Å². The zero-order chi connectivity index (χ0) is 20.0. The molecule has 0 aliphatic carbocycles. The average molecular weight is 394 g/mol. The molecule has 0 aliphatic heterocycles. The van der Waals surface area contributed by atoms with Gasteiger partial charge in [0, 0.05) is 0 Å². The van der Waals surface area contributed by atoms with Gasteiger partial charge in [-0.25, -0.2) is 8.42 Å². The number of nitrogens with one attached hydrogen (secondary N) is 1. The number of methoxy groups -OCH3 is 2. The van der Waals surface area contributed by atoms with Crippen LogP contribution in [0.15, 0.2) is 53.4 Å². The van der Waals surface area contributed by atoms with E-state index in [9.17, 15) is 18.3 Å². The Labute approximate surface area is 158 Å². The number of hydrogen-bond acceptors (Lipinski definition) is 7. The summed E-state index contributed by atoms with van der Waals surface area (Å²) in [5, 5.41) is 9.30. The average Bonchev–Trinajstić information content (AvgIpc) is 2.70. The highest BCUT2D eigenvalue weighted by Crippen LogP contribution is 2.29. The Balaban J connectivity index is 2.51. The van der Waals surface area contributed by atoms with Crippen molar-refractivity contribution in [3.8, 4) is 5.75 Å². The van der Waals surface area contributed by atoms with Crippen molar-refractivity contribution in [1.29, 1.82) is 0 Å². The first-order valence-electron chi connectivity index (χ1n) is 8.03. The molecule has 0 saturated carbocycles. The molecule has 0 heterocycles. The zero-order valence-corrected chi connectivity index (χ0v) is 15.8. The van der Waals surface area contributed by atoms with Gasteiger partial charge >= 0.3 is 5.97 Å². The second kappa shape index (κ2) is 8.96. The van der Waals surface area contributed by atoms with Gasteiger partial charge in [0.2, 0.25) is 10.0 Å². The molecule has 2 atom stereocenters. The number of carbonyl (C=O) groups is 1. The fourth-order valence-electron chi connectivity index (χ4n) is 2.53. The Morgan fingerprint density at radius 2 is 1.85 bits per heavy atom. The van der Waals surface area contributed by atoms with E-state index in [2.05, 4.69) is 9.46 Å². The van der Waals surface area contributed by atoms with Gasteiger partial charge in [-0.05, 0) is 29.3 Å². The molecule has 2 unspecified atom stereocenters. The van der Waals surface area contributed by atoms with Gasteiger partial charge in [0.25, 0.3) is 0 Å². The summed E-state index contributed by atoms with van der Waals surface area (Å²) < 4.78 is 37.5. The van der Waals surface area contributed by atoms with Crippen LogP contribution < -0.4 is 15.2 Å². The first-order valence-corrected chi connectivity index (χ1v) is 9.51. The summed E-state index contributed by atoms with van der Waals surface area (Å²) in [6, 6.07) is 11.1. The first-order chi connectivity index (χ1) is 12.8. The molecule has 27 heavy (non-hydrogen) atoms. The molecule has 2 aromatic carbocycles. The molecule has 0 saturated heterocycles. The normalized spacial score (nSPS) is 13.6. The molecule has 0 aliphatic rings. The Kier molecular flexibility index (Phi) is 6.92. The minimum atomic E-state index is -4.18. The SMILES string of the molecule is COC(=O)C(CO)NS(=O)(=O)c1ccc(OC)cc1C(N)c1ccccc1. The third kappa shape index (κ3) is 4.83. The summed E-state index contributed by atoms with van der Waals surface area (Å²) in [4.78, 5) is 11.5. The summed E-state index contributed by atoms with van der Waals surface area (Å²) in [7, 11) is -1.62. The van der Waals surface area contributed by atoms with Crippen molar-refractivity contribution >= 4 is 16.0 Å². The van der Waals surface area contributed by atoms with Crippen LogP contribution in [-0.4, -0.2) is 46.4 Å². The first kappa shape index (κ1) is 20.8. The molecule has 0 bridgehead atoms. The smallest absolute Gasteiger partial charge is 0.326 e. The highest BCUT2D eigenvalue weighted by molar-refractivity contribution is 7.89. The van der Waals surface area contributed by atoms with Crippen LogP contribution in [0.3, 0.4) is 0 Å². The number of sulfonamides is 1. The lowest BCUT2D eigenvalue weighted by atomic mass is 9.99. The standard InChI is InChI=1S/C18H22N2O6S/c1-25-13-8-9-16(27(23,24)20-15(11-21)18(22)26-2)14(10-13)17(19)12-6-4-3-5-7-12/h3-10,15,17,20-21H,11,19H2,1-2H3. The number of rotatable bonds is 8. The van der Waals surface area contributed by atoms with Gasteiger partial charge in [-0.1, -0.05) is 30.3 Å².